The van der Waals surface area contributed by atoms with Crippen LogP contribution in [-0.2, 0) is 0 Å². The summed E-state index contributed by atoms with van der Waals surface area (Å²) >= 11 is 3.22. The second-order valence-corrected chi connectivity index (χ2v) is 4.60. The third kappa shape index (κ3) is 3.85. The highest BCUT2D eigenvalue weighted by molar-refractivity contribution is 9.10. The van der Waals surface area contributed by atoms with Crippen molar-refractivity contribution in [2.75, 3.05) is 18.5 Å². The number of rotatable bonds is 6. The number of hydrogen-bond acceptors (Lipinski definition) is 3. The summed E-state index contributed by atoms with van der Waals surface area (Å²) in [5, 5.41) is 9.11. The topological polar surface area (TPSA) is 53.4 Å². The summed E-state index contributed by atoms with van der Waals surface area (Å²) in [4.78, 5) is 17.1. The third-order valence-corrected chi connectivity index (χ3v) is 2.76. The van der Waals surface area contributed by atoms with E-state index >= 15 is 0 Å². The van der Waals surface area contributed by atoms with Crippen LogP contribution in [0.25, 0.3) is 0 Å². The van der Waals surface area contributed by atoms with Crippen molar-refractivity contribution in [1.29, 1.82) is 0 Å². The van der Waals surface area contributed by atoms with E-state index in [1.807, 2.05) is 18.0 Å². The fourth-order valence-electron chi connectivity index (χ4n) is 1.47. The molecular formula is C12H15BrN2O2. The molecule has 0 fully saturated rings. The van der Waals surface area contributed by atoms with E-state index in [1.165, 1.54) is 0 Å². The van der Waals surface area contributed by atoms with Crippen molar-refractivity contribution in [3.63, 3.8) is 0 Å². The van der Waals surface area contributed by atoms with Crippen LogP contribution in [0.5, 0.6) is 0 Å². The number of pyridine rings is 1. The molecule has 0 aliphatic carbocycles. The molecule has 92 valence electrons. The highest BCUT2D eigenvalue weighted by Crippen LogP contribution is 2.21. The number of nitrogens with zero attached hydrogens (tertiary/aromatic N) is 2. The summed E-state index contributed by atoms with van der Waals surface area (Å²) in [7, 11) is 1.84. The van der Waals surface area contributed by atoms with Crippen molar-refractivity contribution in [3.8, 4) is 0 Å². The number of anilines is 1. The van der Waals surface area contributed by atoms with Gasteiger partial charge in [-0.25, -0.2) is 9.78 Å². The van der Waals surface area contributed by atoms with Gasteiger partial charge in [0.25, 0.3) is 0 Å². The quantitative estimate of drug-likeness (QED) is 0.648. The van der Waals surface area contributed by atoms with Gasteiger partial charge in [-0.2, -0.15) is 0 Å². The molecule has 0 aromatic carbocycles. The smallest absolute Gasteiger partial charge is 0.339 e. The van der Waals surface area contributed by atoms with Crippen LogP contribution in [0.1, 0.15) is 23.2 Å². The molecule has 0 bridgehead atoms. The van der Waals surface area contributed by atoms with E-state index < -0.39 is 5.97 Å². The van der Waals surface area contributed by atoms with Gasteiger partial charge in [0.05, 0.1) is 0 Å². The molecule has 0 radical (unpaired) electrons. The summed E-state index contributed by atoms with van der Waals surface area (Å²) in [6, 6.07) is 1.56. The molecule has 0 aliphatic rings. The lowest BCUT2D eigenvalue weighted by atomic mass is 10.2. The van der Waals surface area contributed by atoms with Crippen molar-refractivity contribution < 1.29 is 9.90 Å². The molecule has 5 heteroatoms. The molecule has 0 unspecified atom stereocenters. The van der Waals surface area contributed by atoms with Gasteiger partial charge in [-0.05, 0) is 34.8 Å². The molecule has 4 nitrogen and oxygen atoms in total. The molecule has 1 rings (SSSR count). The third-order valence-electron chi connectivity index (χ3n) is 2.33. The standard InChI is InChI=1S/C12H15BrN2O2/c1-3-4-5-6-15(2)11-10(12(16)17)7-9(13)8-14-11/h3,7-8H,1,4-6H2,2H3,(H,16,17). The Kier molecular flexibility index (Phi) is 5.15. The Hall–Kier alpha value is -1.36. The molecule has 1 aromatic rings. The Morgan fingerprint density at radius 1 is 1.71 bits per heavy atom. The van der Waals surface area contributed by atoms with Gasteiger partial charge >= 0.3 is 5.97 Å². The number of hydrogen-bond donors (Lipinski definition) is 1. The van der Waals surface area contributed by atoms with E-state index in [-0.39, 0.29) is 5.56 Å². The zero-order valence-corrected chi connectivity index (χ0v) is 11.3. The Morgan fingerprint density at radius 2 is 2.41 bits per heavy atom. The Balaban J connectivity index is 2.88. The minimum atomic E-state index is -0.968. The first-order valence-electron chi connectivity index (χ1n) is 5.27. The number of halogens is 1. The van der Waals surface area contributed by atoms with E-state index in [2.05, 4.69) is 27.5 Å². The predicted molar refractivity (Wildman–Crippen MR) is 71.6 cm³/mol. The largest absolute Gasteiger partial charge is 0.478 e. The summed E-state index contributed by atoms with van der Waals surface area (Å²) < 4.78 is 0.665. The monoisotopic (exact) mass is 298 g/mol. The lowest BCUT2D eigenvalue weighted by Crippen LogP contribution is -2.22. The Bertz CT molecular complexity index is 421. The lowest BCUT2D eigenvalue weighted by Gasteiger charge is -2.19. The molecule has 17 heavy (non-hydrogen) atoms. The zero-order valence-electron chi connectivity index (χ0n) is 9.69. The summed E-state index contributed by atoms with van der Waals surface area (Å²) in [6.45, 7) is 4.40. The van der Waals surface area contributed by atoms with Crippen LogP contribution in [-0.4, -0.2) is 29.7 Å². The van der Waals surface area contributed by atoms with Gasteiger partial charge in [-0.15, -0.1) is 6.58 Å². The van der Waals surface area contributed by atoms with Crippen molar-refractivity contribution in [2.45, 2.75) is 12.8 Å². The second kappa shape index (κ2) is 6.39. The van der Waals surface area contributed by atoms with Crippen LogP contribution in [0.4, 0.5) is 5.82 Å². The van der Waals surface area contributed by atoms with Gasteiger partial charge < -0.3 is 10.0 Å². The van der Waals surface area contributed by atoms with E-state index in [4.69, 9.17) is 5.11 Å². The van der Waals surface area contributed by atoms with Crippen LogP contribution in [0.15, 0.2) is 29.4 Å². The van der Waals surface area contributed by atoms with E-state index in [9.17, 15) is 4.79 Å². The highest BCUT2D eigenvalue weighted by atomic mass is 79.9. The number of carbonyl (C=O) groups is 1. The van der Waals surface area contributed by atoms with Gasteiger partial charge in [0.15, 0.2) is 0 Å². The van der Waals surface area contributed by atoms with Crippen LogP contribution in [0.2, 0.25) is 0 Å². The van der Waals surface area contributed by atoms with E-state index in [1.54, 1.807) is 12.3 Å². The van der Waals surface area contributed by atoms with Gasteiger partial charge in [-0.1, -0.05) is 6.08 Å². The molecule has 0 amide bonds. The van der Waals surface area contributed by atoms with Gasteiger partial charge in [0, 0.05) is 24.3 Å². The zero-order chi connectivity index (χ0) is 12.8. The van der Waals surface area contributed by atoms with Crippen LogP contribution >= 0.6 is 15.9 Å². The van der Waals surface area contributed by atoms with Crippen LogP contribution in [0, 0.1) is 0 Å². The average molecular weight is 299 g/mol. The van der Waals surface area contributed by atoms with Crippen LogP contribution < -0.4 is 4.90 Å². The molecule has 1 N–H and O–H groups in total. The predicted octanol–water partition coefficient (Wildman–Crippen LogP) is 2.94. The summed E-state index contributed by atoms with van der Waals surface area (Å²) in [5.74, 6) is -0.478. The second-order valence-electron chi connectivity index (χ2n) is 3.68. The first-order chi connectivity index (χ1) is 8.06. The number of unbranched alkanes of at least 4 members (excludes halogenated alkanes) is 1. The maximum atomic E-state index is 11.1. The number of aromatic nitrogens is 1. The Labute approximate surface area is 109 Å². The average Bonchev–Trinajstić information content (AvgIpc) is 2.29. The molecular weight excluding hydrogens is 284 g/mol. The molecule has 1 heterocycles. The minimum Gasteiger partial charge on any atom is -0.478 e. The normalized spacial score (nSPS) is 10.0. The molecule has 0 saturated carbocycles. The van der Waals surface area contributed by atoms with Crippen molar-refractivity contribution in [1.82, 2.24) is 4.98 Å². The minimum absolute atomic E-state index is 0.209. The first-order valence-corrected chi connectivity index (χ1v) is 6.06. The molecule has 0 atom stereocenters. The van der Waals surface area contributed by atoms with Gasteiger partial charge in [0.1, 0.15) is 11.4 Å². The SMILES string of the molecule is C=CCCCN(C)c1ncc(Br)cc1C(=O)O. The maximum absolute atomic E-state index is 11.1. The first kappa shape index (κ1) is 13.7. The number of allylic oxidation sites excluding steroid dienone is 1. The fraction of sp³-hybridized carbons (Fsp3) is 0.333. The lowest BCUT2D eigenvalue weighted by molar-refractivity contribution is 0.0697. The number of carboxylic acids is 1. The molecule has 0 spiro atoms. The number of aromatic carboxylic acids is 1. The van der Waals surface area contributed by atoms with Crippen molar-refractivity contribution in [2.24, 2.45) is 0 Å². The van der Waals surface area contributed by atoms with E-state index in [0.29, 0.717) is 10.3 Å². The van der Waals surface area contributed by atoms with Crippen molar-refractivity contribution >= 4 is 27.7 Å². The van der Waals surface area contributed by atoms with Gasteiger partial charge in [-0.3, -0.25) is 0 Å². The van der Waals surface area contributed by atoms with Gasteiger partial charge in [0.2, 0.25) is 0 Å². The van der Waals surface area contributed by atoms with Crippen LogP contribution in [0.3, 0.4) is 0 Å². The summed E-state index contributed by atoms with van der Waals surface area (Å²) in [5.41, 5.74) is 0.209. The molecule has 0 aliphatic heterocycles. The molecule has 0 saturated heterocycles. The fourth-order valence-corrected chi connectivity index (χ4v) is 1.80. The Morgan fingerprint density at radius 3 is 3.00 bits per heavy atom. The molecule has 1 aromatic heterocycles. The van der Waals surface area contributed by atoms with Crippen molar-refractivity contribution in [3.05, 3.63) is 35.0 Å². The summed E-state index contributed by atoms with van der Waals surface area (Å²) in [6.07, 6.45) is 5.28. The van der Waals surface area contributed by atoms with E-state index in [0.717, 1.165) is 19.4 Å². The number of carboxylic acid groups (broad SMARTS) is 1. The maximum Gasteiger partial charge on any atom is 0.339 e. The highest BCUT2D eigenvalue weighted by Gasteiger charge is 2.15.